The van der Waals surface area contributed by atoms with E-state index in [9.17, 15) is 0 Å². The minimum Gasteiger partial charge on any atom is -0.0654 e. The summed E-state index contributed by atoms with van der Waals surface area (Å²) in [6.45, 7) is 4.59. The predicted molar refractivity (Wildman–Crippen MR) is 98.5 cm³/mol. The number of aryl methyl sites for hydroxylation is 1. The number of rotatable bonds is 9. The molecule has 1 aliphatic rings. The Labute approximate surface area is 138 Å². The summed E-state index contributed by atoms with van der Waals surface area (Å²) in [5.41, 5.74) is 3.14. The fourth-order valence-electron chi connectivity index (χ4n) is 4.00. The Hall–Kier alpha value is -0.780. The summed E-state index contributed by atoms with van der Waals surface area (Å²) < 4.78 is 0. The van der Waals surface area contributed by atoms with Gasteiger partial charge < -0.3 is 0 Å². The minimum atomic E-state index is 0.840. The fourth-order valence-corrected chi connectivity index (χ4v) is 4.00. The van der Waals surface area contributed by atoms with Crippen molar-refractivity contribution in [3.63, 3.8) is 0 Å². The number of benzene rings is 1. The Kier molecular flexibility index (Phi) is 8.05. The van der Waals surface area contributed by atoms with Gasteiger partial charge in [-0.2, -0.15) is 0 Å². The zero-order chi connectivity index (χ0) is 15.6. The molecule has 0 bridgehead atoms. The van der Waals surface area contributed by atoms with Crippen molar-refractivity contribution in [3.05, 3.63) is 35.4 Å². The second-order valence-electron chi connectivity index (χ2n) is 7.41. The van der Waals surface area contributed by atoms with Gasteiger partial charge in [-0.25, -0.2) is 0 Å². The van der Waals surface area contributed by atoms with E-state index in [0.717, 1.165) is 11.8 Å². The Morgan fingerprint density at radius 3 is 2.05 bits per heavy atom. The van der Waals surface area contributed by atoms with Crippen molar-refractivity contribution >= 4 is 0 Å². The second kappa shape index (κ2) is 10.1. The van der Waals surface area contributed by atoms with Crippen LogP contribution in [0.1, 0.15) is 102 Å². The van der Waals surface area contributed by atoms with Gasteiger partial charge in [0.05, 0.1) is 0 Å². The van der Waals surface area contributed by atoms with Gasteiger partial charge in [0.1, 0.15) is 0 Å². The Bertz CT molecular complexity index is 381. The lowest BCUT2D eigenvalue weighted by Crippen LogP contribution is -2.13. The summed E-state index contributed by atoms with van der Waals surface area (Å²) in [6, 6.07) is 9.61. The van der Waals surface area contributed by atoms with Gasteiger partial charge in [0.2, 0.25) is 0 Å². The van der Waals surface area contributed by atoms with Crippen molar-refractivity contribution in [2.45, 2.75) is 96.8 Å². The van der Waals surface area contributed by atoms with E-state index in [-0.39, 0.29) is 0 Å². The molecule has 0 heteroatoms. The highest BCUT2D eigenvalue weighted by Crippen LogP contribution is 2.37. The van der Waals surface area contributed by atoms with Crippen LogP contribution in [-0.2, 0) is 6.42 Å². The van der Waals surface area contributed by atoms with Crippen molar-refractivity contribution in [1.82, 2.24) is 0 Å². The van der Waals surface area contributed by atoms with Crippen LogP contribution in [0.2, 0.25) is 0 Å². The molecule has 0 saturated heterocycles. The van der Waals surface area contributed by atoms with E-state index in [1.807, 2.05) is 0 Å². The molecule has 0 spiro atoms. The van der Waals surface area contributed by atoms with E-state index in [2.05, 4.69) is 38.1 Å². The van der Waals surface area contributed by atoms with Crippen molar-refractivity contribution in [2.75, 3.05) is 0 Å². The standard InChI is InChI=1S/C22H36/c1-3-5-7-9-19-11-15-21(16-12-19)22-17-13-20(14-18-22)10-8-6-4-2/h11-12,15-16,20,22H,3-10,13-14,17-18H2,1-2H3. The van der Waals surface area contributed by atoms with E-state index in [1.54, 1.807) is 5.56 Å². The van der Waals surface area contributed by atoms with Crippen molar-refractivity contribution < 1.29 is 0 Å². The fraction of sp³-hybridized carbons (Fsp3) is 0.727. The molecule has 2 rings (SSSR count). The molecule has 0 unspecified atom stereocenters. The quantitative estimate of drug-likeness (QED) is 0.420. The number of hydrogen-bond acceptors (Lipinski definition) is 0. The first-order chi connectivity index (χ1) is 10.8. The van der Waals surface area contributed by atoms with E-state index in [1.165, 1.54) is 82.6 Å². The lowest BCUT2D eigenvalue weighted by atomic mass is 9.77. The lowest BCUT2D eigenvalue weighted by molar-refractivity contribution is 0.303. The molecular formula is C22H36. The van der Waals surface area contributed by atoms with Gasteiger partial charge in [0.15, 0.2) is 0 Å². The molecule has 0 atom stereocenters. The van der Waals surface area contributed by atoms with Crippen LogP contribution >= 0.6 is 0 Å². The lowest BCUT2D eigenvalue weighted by Gasteiger charge is -2.29. The van der Waals surface area contributed by atoms with E-state index >= 15 is 0 Å². The highest BCUT2D eigenvalue weighted by atomic mass is 14.3. The van der Waals surface area contributed by atoms with Crippen LogP contribution in [0.4, 0.5) is 0 Å². The summed E-state index contributed by atoms with van der Waals surface area (Å²) in [5, 5.41) is 0. The average molecular weight is 301 g/mol. The summed E-state index contributed by atoms with van der Waals surface area (Å²) in [5.74, 6) is 1.86. The van der Waals surface area contributed by atoms with Crippen LogP contribution in [0.15, 0.2) is 24.3 Å². The monoisotopic (exact) mass is 300 g/mol. The van der Waals surface area contributed by atoms with Crippen LogP contribution in [0, 0.1) is 5.92 Å². The topological polar surface area (TPSA) is 0 Å². The first-order valence-electron chi connectivity index (χ1n) is 9.92. The summed E-state index contributed by atoms with van der Waals surface area (Å²) in [6.07, 6.45) is 16.8. The third-order valence-electron chi connectivity index (χ3n) is 5.58. The van der Waals surface area contributed by atoms with Gasteiger partial charge in [-0.3, -0.25) is 0 Å². The molecule has 1 aromatic carbocycles. The third-order valence-corrected chi connectivity index (χ3v) is 5.58. The maximum absolute atomic E-state index is 2.42. The van der Waals surface area contributed by atoms with Gasteiger partial charge in [-0.1, -0.05) is 76.6 Å². The van der Waals surface area contributed by atoms with Crippen LogP contribution in [0.3, 0.4) is 0 Å². The molecule has 1 aliphatic carbocycles. The smallest absolute Gasteiger partial charge is 0.0162 e. The van der Waals surface area contributed by atoms with Gasteiger partial charge in [0.25, 0.3) is 0 Å². The second-order valence-corrected chi connectivity index (χ2v) is 7.41. The molecule has 1 aromatic rings. The predicted octanol–water partition coefficient (Wildman–Crippen LogP) is 7.27. The van der Waals surface area contributed by atoms with E-state index in [4.69, 9.17) is 0 Å². The molecule has 1 fully saturated rings. The summed E-state index contributed by atoms with van der Waals surface area (Å²) in [7, 11) is 0. The van der Waals surface area contributed by atoms with Gasteiger partial charge in [0, 0.05) is 0 Å². The zero-order valence-electron chi connectivity index (χ0n) is 14.9. The Balaban J connectivity index is 1.74. The first-order valence-corrected chi connectivity index (χ1v) is 9.92. The molecule has 0 N–H and O–H groups in total. The molecule has 0 aromatic heterocycles. The van der Waals surface area contributed by atoms with Gasteiger partial charge >= 0.3 is 0 Å². The maximum Gasteiger partial charge on any atom is -0.0162 e. The summed E-state index contributed by atoms with van der Waals surface area (Å²) in [4.78, 5) is 0. The van der Waals surface area contributed by atoms with Crippen molar-refractivity contribution in [3.8, 4) is 0 Å². The molecular weight excluding hydrogens is 264 g/mol. The van der Waals surface area contributed by atoms with Crippen molar-refractivity contribution in [2.24, 2.45) is 5.92 Å². The van der Waals surface area contributed by atoms with E-state index in [0.29, 0.717) is 0 Å². The van der Waals surface area contributed by atoms with Crippen LogP contribution in [0.25, 0.3) is 0 Å². The number of hydrogen-bond donors (Lipinski definition) is 0. The molecule has 0 heterocycles. The highest BCUT2D eigenvalue weighted by molar-refractivity contribution is 5.25. The van der Waals surface area contributed by atoms with Crippen molar-refractivity contribution in [1.29, 1.82) is 0 Å². The van der Waals surface area contributed by atoms with E-state index < -0.39 is 0 Å². The Morgan fingerprint density at radius 1 is 0.773 bits per heavy atom. The maximum atomic E-state index is 2.42. The molecule has 124 valence electrons. The summed E-state index contributed by atoms with van der Waals surface area (Å²) >= 11 is 0. The normalized spacial score (nSPS) is 21.9. The van der Waals surface area contributed by atoms with Gasteiger partial charge in [-0.05, 0) is 61.5 Å². The molecule has 22 heavy (non-hydrogen) atoms. The molecule has 1 saturated carbocycles. The van der Waals surface area contributed by atoms with Gasteiger partial charge in [-0.15, -0.1) is 0 Å². The van der Waals surface area contributed by atoms with Crippen LogP contribution in [0.5, 0.6) is 0 Å². The highest BCUT2D eigenvalue weighted by Gasteiger charge is 2.21. The largest absolute Gasteiger partial charge is 0.0654 e. The Morgan fingerprint density at radius 2 is 1.41 bits per heavy atom. The third kappa shape index (κ3) is 5.78. The zero-order valence-corrected chi connectivity index (χ0v) is 14.9. The molecule has 0 nitrogen and oxygen atoms in total. The SMILES string of the molecule is CCCCCc1ccc(C2CCC(CCCCC)CC2)cc1. The van der Waals surface area contributed by atoms with Crippen LogP contribution < -0.4 is 0 Å². The number of unbranched alkanes of at least 4 members (excludes halogenated alkanes) is 4. The van der Waals surface area contributed by atoms with Crippen LogP contribution in [-0.4, -0.2) is 0 Å². The minimum absolute atomic E-state index is 0.840. The average Bonchev–Trinajstić information content (AvgIpc) is 2.57. The molecule has 0 aliphatic heterocycles. The first kappa shape index (κ1) is 17.6. The molecule has 0 amide bonds. The molecule has 0 radical (unpaired) electrons.